The highest BCUT2D eigenvalue weighted by Crippen LogP contribution is 2.22. The minimum atomic E-state index is -0.643. The molecule has 0 aromatic heterocycles. The van der Waals surface area contributed by atoms with Gasteiger partial charge in [0.1, 0.15) is 5.04 Å². The lowest BCUT2D eigenvalue weighted by Gasteiger charge is -2.28. The van der Waals surface area contributed by atoms with Gasteiger partial charge in [0.15, 0.2) is 0 Å². The van der Waals surface area contributed by atoms with Crippen LogP contribution in [-0.4, -0.2) is 45.0 Å². The largest absolute Gasteiger partial charge is 0.447 e. The van der Waals surface area contributed by atoms with Crippen LogP contribution in [0.3, 0.4) is 0 Å². The maximum absolute atomic E-state index is 12.7. The summed E-state index contributed by atoms with van der Waals surface area (Å²) in [6, 6.07) is 7.22. The Kier molecular flexibility index (Phi) is 8.14. The summed E-state index contributed by atoms with van der Waals surface area (Å²) in [5.41, 5.74) is 1.65. The zero-order valence-electron chi connectivity index (χ0n) is 14.8. The zero-order chi connectivity index (χ0) is 18.3. The molecule has 0 fully saturated rings. The molecule has 0 aliphatic carbocycles. The van der Waals surface area contributed by atoms with E-state index in [-0.39, 0.29) is 11.9 Å². The van der Waals surface area contributed by atoms with Crippen LogP contribution in [0.15, 0.2) is 29.4 Å². The normalized spacial score (nSPS) is 11.4. The van der Waals surface area contributed by atoms with Crippen molar-refractivity contribution in [3.8, 4) is 0 Å². The average molecular weight is 370 g/mol. The van der Waals surface area contributed by atoms with Gasteiger partial charge in [-0.1, -0.05) is 22.9 Å². The van der Waals surface area contributed by atoms with E-state index in [9.17, 15) is 9.59 Å². The van der Waals surface area contributed by atoms with E-state index in [1.165, 1.54) is 27.4 Å². The fraction of sp³-hybridized carbons (Fsp3) is 0.438. The number of thioether (sulfide) groups is 1. The van der Waals surface area contributed by atoms with Gasteiger partial charge in [0.2, 0.25) is 0 Å². The molecule has 0 bridgehead atoms. The predicted octanol–water partition coefficient (Wildman–Crippen LogP) is 4.17. The van der Waals surface area contributed by atoms with Crippen LogP contribution in [0.25, 0.3) is 0 Å². The van der Waals surface area contributed by atoms with Crippen LogP contribution in [0.4, 0.5) is 4.79 Å². The SMILES string of the molecule is CS/C(C)=N\OC(=O)N(C)SN(C(=O)c1ccc(C)cc1)C(C)C. The van der Waals surface area contributed by atoms with Gasteiger partial charge in [0, 0.05) is 18.7 Å². The van der Waals surface area contributed by atoms with Gasteiger partial charge < -0.3 is 0 Å². The van der Waals surface area contributed by atoms with E-state index >= 15 is 0 Å². The molecule has 6 nitrogen and oxygen atoms in total. The van der Waals surface area contributed by atoms with Crippen molar-refractivity contribution in [3.63, 3.8) is 0 Å². The Morgan fingerprint density at radius 1 is 1.21 bits per heavy atom. The minimum Gasteiger partial charge on any atom is -0.296 e. The Balaban J connectivity index is 2.80. The fourth-order valence-corrected chi connectivity index (χ4v) is 2.40. The van der Waals surface area contributed by atoms with Crippen LogP contribution in [0, 0.1) is 6.92 Å². The van der Waals surface area contributed by atoms with Gasteiger partial charge in [-0.2, -0.15) is 0 Å². The topological polar surface area (TPSA) is 62.2 Å². The van der Waals surface area contributed by atoms with Crippen LogP contribution >= 0.6 is 23.9 Å². The molecule has 2 amide bonds. The second kappa shape index (κ2) is 9.58. The molecule has 8 heteroatoms. The summed E-state index contributed by atoms with van der Waals surface area (Å²) in [6.45, 7) is 7.47. The summed E-state index contributed by atoms with van der Waals surface area (Å²) >= 11 is 2.38. The highest BCUT2D eigenvalue weighted by molar-refractivity contribution is 8.13. The third-order valence-electron chi connectivity index (χ3n) is 2.98. The van der Waals surface area contributed by atoms with Gasteiger partial charge in [0.25, 0.3) is 5.91 Å². The number of oxime groups is 1. The Morgan fingerprint density at radius 3 is 2.29 bits per heavy atom. The molecule has 0 saturated carbocycles. The van der Waals surface area contributed by atoms with Crippen molar-refractivity contribution >= 4 is 40.9 Å². The standard InChI is InChI=1S/C16H23N3O3S2/c1-11(2)19(15(20)14-9-7-12(3)8-10-14)24-18(5)16(21)22-17-13(4)23-6/h7-11H,1-6H3/b17-13-. The van der Waals surface area contributed by atoms with E-state index < -0.39 is 6.09 Å². The summed E-state index contributed by atoms with van der Waals surface area (Å²) in [5.74, 6) is -0.168. The van der Waals surface area contributed by atoms with Gasteiger partial charge in [-0.25, -0.2) is 9.10 Å². The first-order valence-corrected chi connectivity index (χ1v) is 9.33. The molecule has 1 rings (SSSR count). The summed E-state index contributed by atoms with van der Waals surface area (Å²) in [7, 11) is 1.54. The smallest absolute Gasteiger partial charge is 0.296 e. The van der Waals surface area contributed by atoms with Crippen molar-refractivity contribution in [1.82, 2.24) is 8.61 Å². The lowest BCUT2D eigenvalue weighted by Crippen LogP contribution is -2.36. The molecule has 132 valence electrons. The molecule has 0 atom stereocenters. The third-order valence-corrected chi connectivity index (χ3v) is 4.81. The highest BCUT2D eigenvalue weighted by atomic mass is 32.2. The first-order valence-electron chi connectivity index (χ1n) is 7.37. The average Bonchev–Trinajstić information content (AvgIpc) is 2.56. The molecule has 24 heavy (non-hydrogen) atoms. The maximum atomic E-state index is 12.7. The second-order valence-electron chi connectivity index (χ2n) is 5.34. The number of nitrogens with zero attached hydrogens (tertiary/aromatic N) is 3. The molecule has 1 aromatic rings. The minimum absolute atomic E-state index is 0.101. The molecule has 0 unspecified atom stereocenters. The predicted molar refractivity (Wildman–Crippen MR) is 101 cm³/mol. The molecular formula is C16H23N3O3S2. The van der Waals surface area contributed by atoms with Crippen molar-refractivity contribution in [2.45, 2.75) is 33.7 Å². The van der Waals surface area contributed by atoms with Gasteiger partial charge >= 0.3 is 6.09 Å². The number of amides is 2. The molecule has 0 spiro atoms. The summed E-state index contributed by atoms with van der Waals surface area (Å²) < 4.78 is 2.76. The van der Waals surface area contributed by atoms with E-state index in [2.05, 4.69) is 5.16 Å². The Bertz CT molecular complexity index is 603. The fourth-order valence-electron chi connectivity index (χ4n) is 1.55. The number of rotatable bonds is 5. The van der Waals surface area contributed by atoms with Crippen LogP contribution < -0.4 is 0 Å². The Hall–Kier alpha value is -1.67. The zero-order valence-corrected chi connectivity index (χ0v) is 16.4. The molecule has 0 aliphatic rings. The maximum Gasteiger partial charge on any atom is 0.447 e. The van der Waals surface area contributed by atoms with Gasteiger partial charge in [-0.3, -0.25) is 13.9 Å². The molecule has 0 aliphatic heterocycles. The Morgan fingerprint density at radius 2 is 1.79 bits per heavy atom. The molecule has 0 saturated heterocycles. The van der Waals surface area contributed by atoms with Crippen molar-refractivity contribution < 1.29 is 14.4 Å². The van der Waals surface area contributed by atoms with Crippen LogP contribution in [-0.2, 0) is 4.84 Å². The molecule has 0 N–H and O–H groups in total. The summed E-state index contributed by atoms with van der Waals surface area (Å²) in [4.78, 5) is 29.5. The van der Waals surface area contributed by atoms with Crippen molar-refractivity contribution in [1.29, 1.82) is 0 Å². The first kappa shape index (κ1) is 20.4. The monoisotopic (exact) mass is 369 g/mol. The van der Waals surface area contributed by atoms with Crippen molar-refractivity contribution in [2.24, 2.45) is 5.16 Å². The van der Waals surface area contributed by atoms with Crippen LogP contribution in [0.1, 0.15) is 36.7 Å². The quantitative estimate of drug-likeness (QED) is 0.256. The number of carbonyl (C=O) groups excluding carboxylic acids is 2. The summed E-state index contributed by atoms with van der Waals surface area (Å²) in [5, 5.41) is 4.34. The summed E-state index contributed by atoms with van der Waals surface area (Å²) in [6.07, 6.45) is 1.20. The third kappa shape index (κ3) is 6.09. The number of benzene rings is 1. The van der Waals surface area contributed by atoms with Gasteiger partial charge in [-0.05, 0) is 46.1 Å². The Labute approximate surface area is 151 Å². The first-order chi connectivity index (χ1) is 11.3. The number of aryl methyl sites for hydroxylation is 1. The van der Waals surface area contributed by atoms with Gasteiger partial charge in [-0.15, -0.1) is 11.8 Å². The van der Waals surface area contributed by atoms with E-state index in [1.54, 1.807) is 19.1 Å². The molecule has 0 radical (unpaired) electrons. The van der Waals surface area contributed by atoms with E-state index in [4.69, 9.17) is 4.84 Å². The van der Waals surface area contributed by atoms with Crippen LogP contribution in [0.2, 0.25) is 0 Å². The van der Waals surface area contributed by atoms with E-state index in [0.717, 1.165) is 17.7 Å². The van der Waals surface area contributed by atoms with Crippen molar-refractivity contribution in [3.05, 3.63) is 35.4 Å². The number of hydrogen-bond acceptors (Lipinski definition) is 6. The number of carbonyl (C=O) groups is 2. The van der Waals surface area contributed by atoms with Crippen LogP contribution in [0.5, 0.6) is 0 Å². The molecule has 0 heterocycles. The number of hydrogen-bond donors (Lipinski definition) is 0. The van der Waals surface area contributed by atoms with Gasteiger partial charge in [0.05, 0.1) is 12.1 Å². The second-order valence-corrected chi connectivity index (χ2v) is 7.44. The lowest BCUT2D eigenvalue weighted by atomic mass is 10.1. The molecule has 1 aromatic carbocycles. The lowest BCUT2D eigenvalue weighted by molar-refractivity contribution is 0.0843. The van der Waals surface area contributed by atoms with Crippen molar-refractivity contribution in [2.75, 3.05) is 13.3 Å². The highest BCUT2D eigenvalue weighted by Gasteiger charge is 2.24. The van der Waals surface area contributed by atoms with E-state index in [0.29, 0.717) is 10.6 Å². The molecular weight excluding hydrogens is 346 g/mol. The van der Waals surface area contributed by atoms with E-state index in [1.807, 2.05) is 39.2 Å².